The third-order valence-corrected chi connectivity index (χ3v) is 2.85. The monoisotopic (exact) mass is 301 g/mol. The van der Waals surface area contributed by atoms with E-state index in [1.54, 1.807) is 12.1 Å². The van der Waals surface area contributed by atoms with E-state index in [1.807, 2.05) is 0 Å². The Balaban J connectivity index is 2.63. The van der Waals surface area contributed by atoms with Gasteiger partial charge in [0.05, 0.1) is 5.41 Å². The SMILES string of the molecule is CC(C)(CC(=O)NCc1ccccc1OC(F)F)C(=O)O. The Morgan fingerprint density at radius 3 is 2.52 bits per heavy atom. The fourth-order valence-corrected chi connectivity index (χ4v) is 1.59. The highest BCUT2D eigenvalue weighted by Crippen LogP contribution is 2.22. The number of carboxylic acids is 1. The summed E-state index contributed by atoms with van der Waals surface area (Å²) in [6.07, 6.45) is -0.208. The second kappa shape index (κ2) is 7.01. The van der Waals surface area contributed by atoms with Crippen molar-refractivity contribution in [1.82, 2.24) is 5.32 Å². The van der Waals surface area contributed by atoms with Gasteiger partial charge in [-0.15, -0.1) is 0 Å². The highest BCUT2D eigenvalue weighted by Gasteiger charge is 2.30. The minimum absolute atomic E-state index is 0.0164. The maximum Gasteiger partial charge on any atom is 0.387 e. The minimum Gasteiger partial charge on any atom is -0.481 e. The largest absolute Gasteiger partial charge is 0.481 e. The highest BCUT2D eigenvalue weighted by atomic mass is 19.3. The molecule has 0 saturated carbocycles. The number of aliphatic carboxylic acids is 1. The van der Waals surface area contributed by atoms with E-state index in [1.165, 1.54) is 26.0 Å². The van der Waals surface area contributed by atoms with Crippen LogP contribution >= 0.6 is 0 Å². The number of halogens is 2. The number of alkyl halides is 2. The van der Waals surface area contributed by atoms with Crippen molar-refractivity contribution in [1.29, 1.82) is 0 Å². The zero-order valence-corrected chi connectivity index (χ0v) is 11.7. The van der Waals surface area contributed by atoms with Crippen LogP contribution in [0.15, 0.2) is 24.3 Å². The van der Waals surface area contributed by atoms with Gasteiger partial charge in [-0.3, -0.25) is 9.59 Å². The van der Waals surface area contributed by atoms with Gasteiger partial charge in [-0.2, -0.15) is 8.78 Å². The van der Waals surface area contributed by atoms with Crippen LogP contribution in [0, 0.1) is 5.41 Å². The quantitative estimate of drug-likeness (QED) is 0.811. The van der Waals surface area contributed by atoms with Crippen molar-refractivity contribution in [2.45, 2.75) is 33.4 Å². The Morgan fingerprint density at radius 2 is 1.95 bits per heavy atom. The molecule has 0 bridgehead atoms. The molecule has 5 nitrogen and oxygen atoms in total. The number of hydrogen-bond acceptors (Lipinski definition) is 3. The first kappa shape index (κ1) is 16.9. The summed E-state index contributed by atoms with van der Waals surface area (Å²) in [5.41, 5.74) is -0.803. The first-order valence-electron chi connectivity index (χ1n) is 6.25. The molecule has 1 rings (SSSR count). The van der Waals surface area contributed by atoms with Gasteiger partial charge in [-0.1, -0.05) is 18.2 Å². The number of hydrogen-bond donors (Lipinski definition) is 2. The van der Waals surface area contributed by atoms with Crippen LogP contribution in [0.5, 0.6) is 5.75 Å². The highest BCUT2D eigenvalue weighted by molar-refractivity contribution is 5.84. The molecular formula is C14H17F2NO4. The molecule has 0 radical (unpaired) electrons. The molecule has 0 atom stereocenters. The first-order valence-corrected chi connectivity index (χ1v) is 6.25. The summed E-state index contributed by atoms with van der Waals surface area (Å²) in [5, 5.41) is 11.4. The van der Waals surface area contributed by atoms with E-state index in [4.69, 9.17) is 5.11 Å². The average Bonchev–Trinajstić information content (AvgIpc) is 2.36. The van der Waals surface area contributed by atoms with Crippen molar-refractivity contribution in [2.75, 3.05) is 0 Å². The van der Waals surface area contributed by atoms with Crippen LogP contribution in [0.1, 0.15) is 25.8 Å². The lowest BCUT2D eigenvalue weighted by molar-refractivity contribution is -0.149. The van der Waals surface area contributed by atoms with Crippen molar-refractivity contribution in [3.05, 3.63) is 29.8 Å². The summed E-state index contributed by atoms with van der Waals surface area (Å²) in [4.78, 5) is 22.6. The third kappa shape index (κ3) is 5.37. The number of carbonyl (C=O) groups excluding carboxylic acids is 1. The van der Waals surface area contributed by atoms with Crippen LogP contribution < -0.4 is 10.1 Å². The maximum absolute atomic E-state index is 12.2. The second-order valence-electron chi connectivity index (χ2n) is 5.13. The van der Waals surface area contributed by atoms with E-state index in [9.17, 15) is 18.4 Å². The van der Waals surface area contributed by atoms with Gasteiger partial charge in [-0.05, 0) is 19.9 Å². The van der Waals surface area contributed by atoms with Gasteiger partial charge in [0.1, 0.15) is 5.75 Å². The molecule has 0 spiro atoms. The molecule has 0 saturated heterocycles. The van der Waals surface area contributed by atoms with Gasteiger partial charge in [0.25, 0.3) is 0 Å². The molecule has 0 aliphatic rings. The summed E-state index contributed by atoms with van der Waals surface area (Å²) < 4.78 is 28.8. The minimum atomic E-state index is -2.95. The van der Waals surface area contributed by atoms with E-state index < -0.39 is 23.9 Å². The molecule has 0 aliphatic carbocycles. The van der Waals surface area contributed by atoms with Crippen LogP contribution in [0.4, 0.5) is 8.78 Å². The van der Waals surface area contributed by atoms with Gasteiger partial charge in [0, 0.05) is 18.5 Å². The maximum atomic E-state index is 12.2. The Hall–Kier alpha value is -2.18. The van der Waals surface area contributed by atoms with Crippen LogP contribution in [-0.2, 0) is 16.1 Å². The average molecular weight is 301 g/mol. The lowest BCUT2D eigenvalue weighted by Gasteiger charge is -2.18. The van der Waals surface area contributed by atoms with E-state index in [0.717, 1.165) is 0 Å². The number of rotatable bonds is 7. The van der Waals surface area contributed by atoms with E-state index in [-0.39, 0.29) is 18.7 Å². The zero-order valence-electron chi connectivity index (χ0n) is 11.7. The van der Waals surface area contributed by atoms with Gasteiger partial charge < -0.3 is 15.2 Å². The Labute approximate surface area is 120 Å². The standard InChI is InChI=1S/C14H17F2NO4/c1-14(2,12(19)20)7-11(18)17-8-9-5-3-4-6-10(9)21-13(15)16/h3-6,13H,7-8H2,1-2H3,(H,17,18)(H,19,20). The predicted octanol–water partition coefficient (Wildman–Crippen LogP) is 2.41. The molecule has 1 amide bonds. The van der Waals surface area contributed by atoms with Crippen LogP contribution in [0.3, 0.4) is 0 Å². The van der Waals surface area contributed by atoms with E-state index in [0.29, 0.717) is 5.56 Å². The van der Waals surface area contributed by atoms with Crippen molar-refractivity contribution in [3.8, 4) is 5.75 Å². The number of benzene rings is 1. The molecule has 0 aliphatic heterocycles. The predicted molar refractivity (Wildman–Crippen MR) is 71.0 cm³/mol. The fourth-order valence-electron chi connectivity index (χ4n) is 1.59. The number of para-hydroxylation sites is 1. The molecule has 0 heterocycles. The molecule has 1 aromatic rings. The number of amides is 1. The molecule has 2 N–H and O–H groups in total. The number of ether oxygens (including phenoxy) is 1. The lowest BCUT2D eigenvalue weighted by Crippen LogP contribution is -2.33. The van der Waals surface area contributed by atoms with E-state index in [2.05, 4.69) is 10.1 Å². The molecule has 1 aromatic carbocycles. The number of nitrogens with one attached hydrogen (secondary N) is 1. The molecule has 7 heteroatoms. The molecular weight excluding hydrogens is 284 g/mol. The second-order valence-corrected chi connectivity index (χ2v) is 5.13. The normalized spacial score (nSPS) is 11.3. The van der Waals surface area contributed by atoms with Crippen LogP contribution in [-0.4, -0.2) is 23.6 Å². The fraction of sp³-hybridized carbons (Fsp3) is 0.429. The number of carbonyl (C=O) groups is 2. The Morgan fingerprint density at radius 1 is 1.33 bits per heavy atom. The van der Waals surface area contributed by atoms with Gasteiger partial charge in [0.15, 0.2) is 0 Å². The van der Waals surface area contributed by atoms with E-state index >= 15 is 0 Å². The molecule has 0 aromatic heterocycles. The van der Waals surface area contributed by atoms with Crippen molar-refractivity contribution in [2.24, 2.45) is 5.41 Å². The summed E-state index contributed by atoms with van der Waals surface area (Å²) in [5.74, 6) is -1.58. The molecule has 0 unspecified atom stereocenters. The zero-order chi connectivity index (χ0) is 16.0. The summed E-state index contributed by atoms with van der Waals surface area (Å²) >= 11 is 0. The molecule has 116 valence electrons. The van der Waals surface area contributed by atoms with Crippen molar-refractivity contribution in [3.63, 3.8) is 0 Å². The first-order chi connectivity index (χ1) is 9.72. The van der Waals surface area contributed by atoms with Crippen molar-refractivity contribution >= 4 is 11.9 Å². The van der Waals surface area contributed by atoms with Crippen molar-refractivity contribution < 1.29 is 28.2 Å². The van der Waals surface area contributed by atoms with Gasteiger partial charge in [-0.25, -0.2) is 0 Å². The van der Waals surface area contributed by atoms with Crippen LogP contribution in [0.25, 0.3) is 0 Å². The van der Waals surface area contributed by atoms with Gasteiger partial charge >= 0.3 is 12.6 Å². The number of carboxylic acid groups (broad SMARTS) is 1. The Bertz CT molecular complexity index is 517. The molecule has 21 heavy (non-hydrogen) atoms. The Kier molecular flexibility index (Phi) is 5.63. The summed E-state index contributed by atoms with van der Waals surface area (Å²) in [6, 6.07) is 6.08. The smallest absolute Gasteiger partial charge is 0.387 e. The van der Waals surface area contributed by atoms with Crippen LogP contribution in [0.2, 0.25) is 0 Å². The lowest BCUT2D eigenvalue weighted by atomic mass is 9.89. The topological polar surface area (TPSA) is 75.6 Å². The summed E-state index contributed by atoms with van der Waals surface area (Å²) in [7, 11) is 0. The molecule has 0 fully saturated rings. The third-order valence-electron chi connectivity index (χ3n) is 2.85. The summed E-state index contributed by atoms with van der Waals surface area (Å²) in [6.45, 7) is -0.101. The van der Waals surface area contributed by atoms with Gasteiger partial charge in [0.2, 0.25) is 5.91 Å².